The summed E-state index contributed by atoms with van der Waals surface area (Å²) in [6.07, 6.45) is 5.22. The average molecular weight is 240 g/mol. The fourth-order valence-electron chi connectivity index (χ4n) is 1.19. The van der Waals surface area contributed by atoms with E-state index in [2.05, 4.69) is 29.1 Å². The van der Waals surface area contributed by atoms with Gasteiger partial charge >= 0.3 is 0 Å². The Morgan fingerprint density at radius 1 is 1.56 bits per heavy atom. The fraction of sp³-hybridized carbons (Fsp3) is 0.636. The van der Waals surface area contributed by atoms with Gasteiger partial charge in [-0.25, -0.2) is 9.98 Å². The van der Waals surface area contributed by atoms with Crippen molar-refractivity contribution in [2.45, 2.75) is 39.7 Å². The maximum atomic E-state index is 5.72. The summed E-state index contributed by atoms with van der Waals surface area (Å²) in [5.74, 6) is 0.515. The Morgan fingerprint density at radius 2 is 2.38 bits per heavy atom. The molecule has 3 N–H and O–H groups in total. The molecule has 0 saturated heterocycles. The smallest absolute Gasteiger partial charge is 0.189 e. The number of nitrogens with one attached hydrogen (secondary N) is 1. The van der Waals surface area contributed by atoms with Crippen LogP contribution in [-0.4, -0.2) is 17.5 Å². The van der Waals surface area contributed by atoms with Crippen LogP contribution in [0.2, 0.25) is 0 Å². The summed E-state index contributed by atoms with van der Waals surface area (Å²) in [4.78, 5) is 9.82. The first-order valence-corrected chi connectivity index (χ1v) is 6.55. The summed E-state index contributed by atoms with van der Waals surface area (Å²) in [5, 5.41) is 4.10. The molecule has 0 aromatic carbocycles. The van der Waals surface area contributed by atoms with Crippen molar-refractivity contribution in [2.24, 2.45) is 10.7 Å². The Morgan fingerprint density at radius 3 is 3.00 bits per heavy atom. The maximum absolute atomic E-state index is 5.72. The summed E-state index contributed by atoms with van der Waals surface area (Å²) in [5.41, 5.74) is 5.72. The molecule has 5 heteroatoms. The first kappa shape index (κ1) is 13.0. The Balaban J connectivity index is 2.33. The third kappa shape index (κ3) is 4.61. The normalized spacial score (nSPS) is 11.8. The van der Waals surface area contributed by atoms with Crippen molar-refractivity contribution >= 4 is 17.3 Å². The molecule has 0 unspecified atom stereocenters. The monoisotopic (exact) mass is 240 g/mol. The lowest BCUT2D eigenvalue weighted by Gasteiger charge is -2.02. The molecule has 0 bridgehead atoms. The molecule has 4 nitrogen and oxygen atoms in total. The van der Waals surface area contributed by atoms with Gasteiger partial charge in [0.25, 0.3) is 0 Å². The van der Waals surface area contributed by atoms with Gasteiger partial charge < -0.3 is 11.1 Å². The van der Waals surface area contributed by atoms with Gasteiger partial charge in [-0.1, -0.05) is 20.3 Å². The Bertz CT molecular complexity index is 332. The van der Waals surface area contributed by atoms with Gasteiger partial charge in [0.1, 0.15) is 5.01 Å². The Hall–Kier alpha value is -1.10. The van der Waals surface area contributed by atoms with Crippen molar-refractivity contribution < 1.29 is 0 Å². The number of thiazole rings is 1. The van der Waals surface area contributed by atoms with E-state index in [1.807, 2.05) is 6.20 Å². The largest absolute Gasteiger partial charge is 0.370 e. The van der Waals surface area contributed by atoms with E-state index < -0.39 is 0 Å². The highest BCUT2D eigenvalue weighted by atomic mass is 32.1. The molecule has 1 aromatic heterocycles. The lowest BCUT2D eigenvalue weighted by atomic mass is 10.3. The minimum absolute atomic E-state index is 0.515. The molecular weight excluding hydrogens is 220 g/mol. The predicted molar refractivity (Wildman–Crippen MR) is 69.7 cm³/mol. The molecule has 0 atom stereocenters. The van der Waals surface area contributed by atoms with Crippen LogP contribution in [0.3, 0.4) is 0 Å². The van der Waals surface area contributed by atoms with Crippen LogP contribution in [0.15, 0.2) is 11.2 Å². The zero-order chi connectivity index (χ0) is 11.8. The number of rotatable bonds is 6. The minimum Gasteiger partial charge on any atom is -0.370 e. The molecule has 0 fully saturated rings. The van der Waals surface area contributed by atoms with E-state index in [1.165, 1.54) is 4.88 Å². The summed E-state index contributed by atoms with van der Waals surface area (Å²) in [6, 6.07) is 0. The molecule has 90 valence electrons. The van der Waals surface area contributed by atoms with Crippen molar-refractivity contribution in [1.82, 2.24) is 10.3 Å². The van der Waals surface area contributed by atoms with Crippen LogP contribution in [0, 0.1) is 0 Å². The van der Waals surface area contributed by atoms with Gasteiger partial charge in [-0.3, -0.25) is 0 Å². The second-order valence-corrected chi connectivity index (χ2v) is 4.76. The summed E-state index contributed by atoms with van der Waals surface area (Å²) in [7, 11) is 0. The van der Waals surface area contributed by atoms with E-state index in [0.29, 0.717) is 12.5 Å². The highest BCUT2D eigenvalue weighted by Crippen LogP contribution is 2.13. The lowest BCUT2D eigenvalue weighted by molar-refractivity contribution is 0.748. The Kier molecular flexibility index (Phi) is 5.85. The number of nitrogens with two attached hydrogens (primary N) is 1. The van der Waals surface area contributed by atoms with E-state index in [4.69, 9.17) is 5.73 Å². The van der Waals surface area contributed by atoms with Crippen molar-refractivity contribution in [3.05, 3.63) is 16.1 Å². The summed E-state index contributed by atoms with van der Waals surface area (Å²) < 4.78 is 0. The van der Waals surface area contributed by atoms with Crippen LogP contribution in [0.1, 0.15) is 36.6 Å². The summed E-state index contributed by atoms with van der Waals surface area (Å²) in [6.45, 7) is 5.75. The van der Waals surface area contributed by atoms with Gasteiger partial charge in [0.2, 0.25) is 0 Å². The highest BCUT2D eigenvalue weighted by molar-refractivity contribution is 7.11. The van der Waals surface area contributed by atoms with Crippen molar-refractivity contribution in [3.8, 4) is 0 Å². The lowest BCUT2D eigenvalue weighted by Crippen LogP contribution is -2.32. The van der Waals surface area contributed by atoms with Gasteiger partial charge in [-0.2, -0.15) is 0 Å². The van der Waals surface area contributed by atoms with Crippen LogP contribution in [0.4, 0.5) is 0 Å². The van der Waals surface area contributed by atoms with Crippen molar-refractivity contribution in [1.29, 1.82) is 0 Å². The molecule has 0 aliphatic heterocycles. The number of hydrogen-bond donors (Lipinski definition) is 2. The molecule has 1 aromatic rings. The number of aryl methyl sites for hydroxylation is 1. The number of aliphatic imine (C=N–C) groups is 1. The first-order chi connectivity index (χ1) is 7.76. The average Bonchev–Trinajstić information content (AvgIpc) is 2.74. The molecule has 0 spiro atoms. The van der Waals surface area contributed by atoms with Gasteiger partial charge in [0, 0.05) is 17.6 Å². The van der Waals surface area contributed by atoms with Gasteiger partial charge in [0.15, 0.2) is 5.96 Å². The second kappa shape index (κ2) is 7.22. The Labute approximate surface area is 101 Å². The van der Waals surface area contributed by atoms with Gasteiger partial charge in [-0.05, 0) is 12.8 Å². The molecule has 0 radical (unpaired) electrons. The van der Waals surface area contributed by atoms with Crippen molar-refractivity contribution in [3.63, 3.8) is 0 Å². The quantitative estimate of drug-likeness (QED) is 0.453. The molecule has 16 heavy (non-hydrogen) atoms. The number of hydrogen-bond acceptors (Lipinski definition) is 3. The molecule has 1 rings (SSSR count). The molecule has 0 aliphatic rings. The third-order valence-electron chi connectivity index (χ3n) is 2.17. The van der Waals surface area contributed by atoms with E-state index >= 15 is 0 Å². The van der Waals surface area contributed by atoms with Crippen LogP contribution in [0.5, 0.6) is 0 Å². The highest BCUT2D eigenvalue weighted by Gasteiger charge is 1.99. The zero-order valence-corrected chi connectivity index (χ0v) is 10.8. The van der Waals surface area contributed by atoms with Gasteiger partial charge in [-0.15, -0.1) is 11.3 Å². The van der Waals surface area contributed by atoms with E-state index in [0.717, 1.165) is 30.8 Å². The standard InChI is InChI=1S/C11H20N4S/c1-3-5-6-13-11(12)15-8-10-14-7-9(4-2)16-10/h7H,3-6,8H2,1-2H3,(H3,12,13,15). The van der Waals surface area contributed by atoms with Crippen LogP contribution < -0.4 is 11.1 Å². The SMILES string of the molecule is CCCCNC(N)=NCc1ncc(CC)s1. The van der Waals surface area contributed by atoms with E-state index in [9.17, 15) is 0 Å². The van der Waals surface area contributed by atoms with Crippen LogP contribution in [-0.2, 0) is 13.0 Å². The summed E-state index contributed by atoms with van der Waals surface area (Å²) >= 11 is 1.70. The van der Waals surface area contributed by atoms with Crippen molar-refractivity contribution in [2.75, 3.05) is 6.54 Å². The van der Waals surface area contributed by atoms with Gasteiger partial charge in [0.05, 0.1) is 6.54 Å². The van der Waals surface area contributed by atoms with Crippen LogP contribution >= 0.6 is 11.3 Å². The fourth-order valence-corrected chi connectivity index (χ4v) is 1.97. The van der Waals surface area contributed by atoms with Crippen LogP contribution in [0.25, 0.3) is 0 Å². The number of guanidine groups is 1. The number of nitrogens with zero attached hydrogens (tertiary/aromatic N) is 2. The molecule has 1 heterocycles. The number of unbranched alkanes of at least 4 members (excludes halogenated alkanes) is 1. The predicted octanol–water partition coefficient (Wildman–Crippen LogP) is 1.91. The van der Waals surface area contributed by atoms with E-state index in [1.54, 1.807) is 11.3 Å². The third-order valence-corrected chi connectivity index (χ3v) is 3.30. The molecule has 0 amide bonds. The molecule has 0 aliphatic carbocycles. The van der Waals surface area contributed by atoms with E-state index in [-0.39, 0.29) is 0 Å². The molecule has 0 saturated carbocycles. The maximum Gasteiger partial charge on any atom is 0.189 e. The second-order valence-electron chi connectivity index (χ2n) is 3.56. The zero-order valence-electron chi connectivity index (χ0n) is 9.99. The minimum atomic E-state index is 0.515. The topological polar surface area (TPSA) is 63.3 Å². The first-order valence-electron chi connectivity index (χ1n) is 5.73. The molecular formula is C11H20N4S. The number of aromatic nitrogens is 1.